The standard InChI is InChI=1S/C15H23N3S/c1-10-11(2)19-14(16-10)15(17-13-3-4-13)6-8-18-7-5-12(15)9-18/h12-13,17H,3-9H2,1-2H3. The Labute approximate surface area is 119 Å². The lowest BCUT2D eigenvalue weighted by atomic mass is 9.79. The average molecular weight is 277 g/mol. The third-order valence-corrected chi connectivity index (χ3v) is 6.49. The van der Waals surface area contributed by atoms with E-state index < -0.39 is 0 Å². The molecule has 3 heterocycles. The Balaban J connectivity index is 1.74. The van der Waals surface area contributed by atoms with Crippen LogP contribution in [0.1, 0.15) is 41.3 Å². The largest absolute Gasteiger partial charge is 0.303 e. The molecule has 4 heteroatoms. The van der Waals surface area contributed by atoms with Gasteiger partial charge in [-0.1, -0.05) is 0 Å². The second-order valence-electron chi connectivity index (χ2n) is 6.59. The molecule has 1 aromatic heterocycles. The third kappa shape index (κ3) is 1.96. The van der Waals surface area contributed by atoms with Crippen molar-refractivity contribution < 1.29 is 0 Å². The van der Waals surface area contributed by atoms with Gasteiger partial charge in [-0.3, -0.25) is 0 Å². The SMILES string of the molecule is Cc1nc(C2(NC3CC3)CCN3CCC2C3)sc1C. The maximum absolute atomic E-state index is 4.94. The van der Waals surface area contributed by atoms with Crippen LogP contribution in [0, 0.1) is 19.8 Å². The highest BCUT2D eigenvalue weighted by molar-refractivity contribution is 7.11. The van der Waals surface area contributed by atoms with E-state index in [9.17, 15) is 0 Å². The molecule has 3 aliphatic rings. The van der Waals surface area contributed by atoms with Crippen molar-refractivity contribution in [3.05, 3.63) is 15.6 Å². The number of aryl methyl sites for hydroxylation is 2. The molecule has 2 saturated heterocycles. The Morgan fingerprint density at radius 1 is 1.26 bits per heavy atom. The van der Waals surface area contributed by atoms with E-state index in [2.05, 4.69) is 24.1 Å². The normalized spacial score (nSPS) is 37.8. The summed E-state index contributed by atoms with van der Waals surface area (Å²) in [5.41, 5.74) is 1.43. The molecule has 0 radical (unpaired) electrons. The zero-order valence-electron chi connectivity index (χ0n) is 11.9. The summed E-state index contributed by atoms with van der Waals surface area (Å²) >= 11 is 1.93. The first-order valence-corrected chi connectivity index (χ1v) is 8.43. The molecule has 4 rings (SSSR count). The highest BCUT2D eigenvalue weighted by atomic mass is 32.1. The third-order valence-electron chi connectivity index (χ3n) is 5.24. The Kier molecular flexibility index (Phi) is 2.77. The van der Waals surface area contributed by atoms with Crippen molar-refractivity contribution in [2.45, 2.75) is 51.1 Å². The van der Waals surface area contributed by atoms with Gasteiger partial charge in [0.05, 0.1) is 11.2 Å². The Bertz CT molecular complexity index is 474. The second kappa shape index (κ2) is 4.27. The van der Waals surface area contributed by atoms with Gasteiger partial charge in [0.25, 0.3) is 0 Å². The van der Waals surface area contributed by atoms with Gasteiger partial charge in [0.15, 0.2) is 0 Å². The van der Waals surface area contributed by atoms with Crippen molar-refractivity contribution in [3.8, 4) is 0 Å². The van der Waals surface area contributed by atoms with E-state index in [0.29, 0.717) is 0 Å². The highest BCUT2D eigenvalue weighted by Crippen LogP contribution is 2.46. The van der Waals surface area contributed by atoms with Crippen LogP contribution in [-0.2, 0) is 5.54 Å². The predicted molar refractivity (Wildman–Crippen MR) is 78.6 cm³/mol. The molecule has 0 amide bonds. The number of hydrogen-bond donors (Lipinski definition) is 1. The van der Waals surface area contributed by atoms with Crippen molar-refractivity contribution >= 4 is 11.3 Å². The van der Waals surface area contributed by atoms with E-state index >= 15 is 0 Å². The number of thiazole rings is 1. The predicted octanol–water partition coefficient (Wildman–Crippen LogP) is 2.43. The number of fused-ring (bicyclic) bond motifs is 2. The van der Waals surface area contributed by atoms with Gasteiger partial charge in [0, 0.05) is 24.0 Å². The molecule has 0 spiro atoms. The van der Waals surface area contributed by atoms with E-state index in [1.165, 1.54) is 60.9 Å². The van der Waals surface area contributed by atoms with Crippen molar-refractivity contribution in [2.75, 3.05) is 19.6 Å². The minimum Gasteiger partial charge on any atom is -0.303 e. The molecule has 3 atom stereocenters. The molecule has 2 aliphatic heterocycles. The average Bonchev–Trinajstić information content (AvgIpc) is 3.02. The fourth-order valence-electron chi connectivity index (χ4n) is 3.77. The van der Waals surface area contributed by atoms with Gasteiger partial charge in [0.2, 0.25) is 0 Å². The Morgan fingerprint density at radius 2 is 2.11 bits per heavy atom. The van der Waals surface area contributed by atoms with Gasteiger partial charge >= 0.3 is 0 Å². The quantitative estimate of drug-likeness (QED) is 0.920. The summed E-state index contributed by atoms with van der Waals surface area (Å²) in [7, 11) is 0. The maximum atomic E-state index is 4.94. The molecule has 3 nitrogen and oxygen atoms in total. The zero-order chi connectivity index (χ0) is 13.0. The fourth-order valence-corrected chi connectivity index (χ4v) is 4.94. The summed E-state index contributed by atoms with van der Waals surface area (Å²) in [4.78, 5) is 8.97. The monoisotopic (exact) mass is 277 g/mol. The van der Waals surface area contributed by atoms with E-state index in [1.54, 1.807) is 0 Å². The molecule has 19 heavy (non-hydrogen) atoms. The summed E-state index contributed by atoms with van der Waals surface area (Å²) < 4.78 is 0. The van der Waals surface area contributed by atoms with Crippen LogP contribution in [0.25, 0.3) is 0 Å². The molecular formula is C15H23N3S. The van der Waals surface area contributed by atoms with Crippen molar-refractivity contribution in [3.63, 3.8) is 0 Å². The van der Waals surface area contributed by atoms with Crippen LogP contribution in [0.5, 0.6) is 0 Å². The van der Waals surface area contributed by atoms with Crippen molar-refractivity contribution in [2.24, 2.45) is 5.92 Å². The van der Waals surface area contributed by atoms with Crippen LogP contribution < -0.4 is 5.32 Å². The van der Waals surface area contributed by atoms with Crippen LogP contribution in [0.4, 0.5) is 0 Å². The number of nitrogens with zero attached hydrogens (tertiary/aromatic N) is 2. The van der Waals surface area contributed by atoms with Crippen LogP contribution >= 0.6 is 11.3 Å². The summed E-state index contributed by atoms with van der Waals surface area (Å²) in [6.45, 7) is 8.18. The highest BCUT2D eigenvalue weighted by Gasteiger charge is 2.51. The minimum atomic E-state index is 0.192. The van der Waals surface area contributed by atoms with E-state index in [-0.39, 0.29) is 5.54 Å². The molecule has 3 unspecified atom stereocenters. The van der Waals surface area contributed by atoms with Gasteiger partial charge in [-0.05, 0) is 52.0 Å². The molecular weight excluding hydrogens is 254 g/mol. The maximum Gasteiger partial charge on any atom is 0.114 e. The number of aromatic nitrogens is 1. The molecule has 0 aromatic carbocycles. The van der Waals surface area contributed by atoms with E-state index in [1.807, 2.05) is 11.3 Å². The van der Waals surface area contributed by atoms with Gasteiger partial charge < -0.3 is 10.2 Å². The van der Waals surface area contributed by atoms with Crippen LogP contribution in [0.3, 0.4) is 0 Å². The Hall–Kier alpha value is -0.450. The van der Waals surface area contributed by atoms with Gasteiger partial charge in [-0.2, -0.15) is 0 Å². The minimum absolute atomic E-state index is 0.192. The van der Waals surface area contributed by atoms with Crippen LogP contribution in [-0.4, -0.2) is 35.6 Å². The molecule has 1 aliphatic carbocycles. The molecule has 1 N–H and O–H groups in total. The van der Waals surface area contributed by atoms with Gasteiger partial charge in [-0.15, -0.1) is 11.3 Å². The van der Waals surface area contributed by atoms with Crippen LogP contribution in [0.2, 0.25) is 0 Å². The lowest BCUT2D eigenvalue weighted by Crippen LogP contribution is -2.54. The van der Waals surface area contributed by atoms with Gasteiger partial charge in [0.1, 0.15) is 5.01 Å². The van der Waals surface area contributed by atoms with Crippen molar-refractivity contribution in [1.82, 2.24) is 15.2 Å². The smallest absolute Gasteiger partial charge is 0.114 e. The first kappa shape index (κ1) is 12.3. The topological polar surface area (TPSA) is 28.2 Å². The molecule has 2 bridgehead atoms. The first-order chi connectivity index (χ1) is 9.17. The number of hydrogen-bond acceptors (Lipinski definition) is 4. The summed E-state index contributed by atoms with van der Waals surface area (Å²) in [6.07, 6.45) is 5.32. The molecule has 104 valence electrons. The summed E-state index contributed by atoms with van der Waals surface area (Å²) in [5.74, 6) is 0.770. The van der Waals surface area contributed by atoms with Gasteiger partial charge in [-0.25, -0.2) is 4.98 Å². The summed E-state index contributed by atoms with van der Waals surface area (Å²) in [5, 5.41) is 5.39. The first-order valence-electron chi connectivity index (χ1n) is 7.62. The lowest BCUT2D eigenvalue weighted by Gasteiger charge is -2.42. The molecule has 3 fully saturated rings. The lowest BCUT2D eigenvalue weighted by molar-refractivity contribution is 0.127. The second-order valence-corrected chi connectivity index (χ2v) is 7.79. The molecule has 1 aromatic rings. The van der Waals surface area contributed by atoms with E-state index in [0.717, 1.165) is 12.0 Å². The summed E-state index contributed by atoms with van der Waals surface area (Å²) in [6, 6.07) is 0.761. The number of rotatable bonds is 3. The number of piperidine rings is 1. The Morgan fingerprint density at radius 3 is 2.79 bits per heavy atom. The molecule has 1 saturated carbocycles. The van der Waals surface area contributed by atoms with Crippen LogP contribution in [0.15, 0.2) is 0 Å². The van der Waals surface area contributed by atoms with Crippen molar-refractivity contribution in [1.29, 1.82) is 0 Å². The number of nitrogens with one attached hydrogen (secondary N) is 1. The fraction of sp³-hybridized carbons (Fsp3) is 0.800. The zero-order valence-corrected chi connectivity index (χ0v) is 12.7. The van der Waals surface area contributed by atoms with E-state index in [4.69, 9.17) is 4.98 Å².